The van der Waals surface area contributed by atoms with Gasteiger partial charge in [0, 0.05) is 75.9 Å². The quantitative estimate of drug-likeness (QED) is 0.0901. The van der Waals surface area contributed by atoms with Crippen molar-refractivity contribution >= 4 is 48.1 Å². The lowest BCUT2D eigenvalue weighted by Crippen LogP contribution is -2.45. The van der Waals surface area contributed by atoms with E-state index in [1.54, 1.807) is 58.7 Å². The Kier molecular flexibility index (Phi) is 46.6. The fraction of sp³-hybridized carbons (Fsp3) is 0.474. The van der Waals surface area contributed by atoms with E-state index in [-0.39, 0.29) is 89.9 Å². The summed E-state index contributed by atoms with van der Waals surface area (Å²) in [4.78, 5) is 77.5. The van der Waals surface area contributed by atoms with E-state index in [2.05, 4.69) is 184 Å². The van der Waals surface area contributed by atoms with Gasteiger partial charge in [0.2, 0.25) is 0 Å². The van der Waals surface area contributed by atoms with Crippen LogP contribution < -0.4 is 5.32 Å². The molecule has 4 aromatic carbocycles. The number of ether oxygens (including phenoxy) is 2. The number of carboxylic acids is 1. The number of halogens is 2. The van der Waals surface area contributed by atoms with Crippen molar-refractivity contribution in [3.8, 4) is 47.1 Å². The molecule has 0 radical (unpaired) electrons. The summed E-state index contributed by atoms with van der Waals surface area (Å²) in [6.07, 6.45) is 21.4. The van der Waals surface area contributed by atoms with E-state index in [1.165, 1.54) is 69.4 Å². The number of nitrogens with zero attached hydrogens (tertiary/aromatic N) is 13. The second-order valence-electron chi connectivity index (χ2n) is 30.7. The van der Waals surface area contributed by atoms with E-state index in [9.17, 15) is 35.0 Å². The van der Waals surface area contributed by atoms with Crippen molar-refractivity contribution in [2.45, 2.75) is 220 Å². The number of amides is 3. The lowest BCUT2D eigenvalue weighted by atomic mass is 9.75. The number of aromatic nitrogens is 6. The van der Waals surface area contributed by atoms with Crippen molar-refractivity contribution in [1.82, 2.24) is 49.9 Å². The molecule has 636 valence electrons. The van der Waals surface area contributed by atoms with Crippen molar-refractivity contribution in [3.05, 3.63) is 227 Å². The molecule has 2 N–H and O–H groups in total. The number of pyridine rings is 2. The number of hydrogen-bond acceptors (Lipinski definition) is 17. The number of carboxylic acid groups (broad SMARTS) is 1. The molecule has 0 aliphatic carbocycles. The minimum atomic E-state index is -1.02. The standard InChI is InChI=1S/C25H25N5O.C20H28N2O2.C15H20N2.C11H18N2O2.C10H7N3O2.C9H11Cl.5CH4.ClH/c1-2-19-5-7-20(8-6-19)16-25(17-26)10-14-30(15-11-25)24(31)21-4-3-12-28-23(21)22-9-13-27-18-29-22;1-5-16-6-8-17(9-7-16)14-20(15-21)10-12-22(13-11-20)18(23)24-19(2,3)4;1-2-13-3-5-14(6-4-13)11-15(12-16)7-9-17-10-8-15;1-11(2,3)15-10(14)13-6-4-9(8-12)5-7-13;14-10(15)7-2-1-4-12-9(7)8-3-5-11-6-13-8;1-2-8-3-5-9(7-10)6-4-8;;;;;;/h3-9,12-13,18H,2,10-11,14-16H2,1H3;6-9H,5,10-14H2,1-4H3;3-6,17H,2,7-11H2,1H3;9H,4-7H2,1-3H3;1-6H,(H,14,15);3-6H,2,7H2,1H3;5*1H4;1H. The van der Waals surface area contributed by atoms with Gasteiger partial charge in [0.05, 0.1) is 63.0 Å². The summed E-state index contributed by atoms with van der Waals surface area (Å²) in [7, 11) is 0. The highest BCUT2D eigenvalue weighted by Crippen LogP contribution is 2.38. The molecule has 8 aromatic rings. The normalized spacial score (nSPS) is 14.6. The number of carbonyl (C=O) groups excluding carboxylic acids is 3. The average Bonchev–Trinajstić information content (AvgIpc) is 0.794. The van der Waals surface area contributed by atoms with Crippen LogP contribution >= 0.6 is 24.0 Å². The highest BCUT2D eigenvalue weighted by molar-refractivity contribution is 6.17. The number of rotatable bonds is 15. The van der Waals surface area contributed by atoms with Crippen molar-refractivity contribution in [1.29, 1.82) is 21.0 Å². The van der Waals surface area contributed by atoms with Crippen LogP contribution in [0.25, 0.3) is 22.8 Å². The number of piperidine rings is 4. The Morgan fingerprint density at radius 3 is 1.09 bits per heavy atom. The van der Waals surface area contributed by atoms with Gasteiger partial charge >= 0.3 is 18.2 Å². The van der Waals surface area contributed by atoms with Crippen LogP contribution in [0.4, 0.5) is 9.59 Å². The first-order valence-corrected chi connectivity index (χ1v) is 39.4. The largest absolute Gasteiger partial charge is 0.478 e. The monoisotopic (exact) mass is 1650 g/mol. The Labute approximate surface area is 716 Å². The number of aryl methyl sites for hydroxylation is 4. The minimum Gasteiger partial charge on any atom is -0.478 e. The number of alkyl halides is 1. The van der Waals surface area contributed by atoms with Gasteiger partial charge in [-0.15, -0.1) is 24.0 Å². The number of benzene rings is 4. The molecule has 118 heavy (non-hydrogen) atoms. The van der Waals surface area contributed by atoms with E-state index >= 15 is 0 Å². The molecule has 0 spiro atoms. The Morgan fingerprint density at radius 1 is 0.458 bits per heavy atom. The molecular weight excluding hydrogens is 1520 g/mol. The highest BCUT2D eigenvalue weighted by atomic mass is 35.5. The maximum absolute atomic E-state index is 13.3. The van der Waals surface area contributed by atoms with Crippen molar-refractivity contribution in [2.24, 2.45) is 22.2 Å². The van der Waals surface area contributed by atoms with Gasteiger partial charge in [0.1, 0.15) is 35.2 Å². The molecule has 3 amide bonds. The highest BCUT2D eigenvalue weighted by Gasteiger charge is 2.39. The molecule has 4 saturated heterocycles. The summed E-state index contributed by atoms with van der Waals surface area (Å²) >= 11 is 5.62. The first kappa shape index (κ1) is 105. The fourth-order valence-electron chi connectivity index (χ4n) is 13.3. The molecule has 4 aliphatic heterocycles. The Balaban J connectivity index is 0.000000725. The fourth-order valence-corrected chi connectivity index (χ4v) is 13.5. The predicted molar refractivity (Wildman–Crippen MR) is 477 cm³/mol. The first-order valence-electron chi connectivity index (χ1n) is 38.9. The van der Waals surface area contributed by atoms with E-state index in [4.69, 9.17) is 31.4 Å². The Hall–Kier alpha value is -10.7. The molecule has 4 aromatic heterocycles. The molecule has 4 fully saturated rings. The van der Waals surface area contributed by atoms with Gasteiger partial charge in [-0.2, -0.15) is 21.0 Å². The maximum atomic E-state index is 13.3. The van der Waals surface area contributed by atoms with E-state index in [0.29, 0.717) is 106 Å². The van der Waals surface area contributed by atoms with Gasteiger partial charge in [-0.1, -0.05) is 162 Å². The number of nitrogens with one attached hydrogen (secondary N) is 1. The zero-order chi connectivity index (χ0) is 81.2. The van der Waals surface area contributed by atoms with E-state index in [0.717, 1.165) is 77.3 Å². The number of likely N-dealkylation sites (tertiary alicyclic amines) is 3. The van der Waals surface area contributed by atoms with Crippen LogP contribution in [0, 0.1) is 67.5 Å². The lowest BCUT2D eigenvalue weighted by Gasteiger charge is -2.38. The average molecular weight is 1650 g/mol. The zero-order valence-electron chi connectivity index (χ0n) is 67.2. The summed E-state index contributed by atoms with van der Waals surface area (Å²) in [5, 5.41) is 50.1. The third-order valence-electron chi connectivity index (χ3n) is 20.2. The number of hydrogen-bond donors (Lipinski definition) is 2. The summed E-state index contributed by atoms with van der Waals surface area (Å²) in [6, 6.07) is 54.0. The maximum Gasteiger partial charge on any atom is 0.410 e. The van der Waals surface area contributed by atoms with Crippen LogP contribution in [0.15, 0.2) is 171 Å². The third kappa shape index (κ3) is 33.4. The second-order valence-corrected chi connectivity index (χ2v) is 31.0. The van der Waals surface area contributed by atoms with Gasteiger partial charge in [-0.3, -0.25) is 14.8 Å². The first-order chi connectivity index (χ1) is 53.8. The lowest BCUT2D eigenvalue weighted by molar-refractivity contribution is 0.0146. The molecule has 23 heteroatoms. The molecule has 4 aliphatic rings. The summed E-state index contributed by atoms with van der Waals surface area (Å²) < 4.78 is 10.7. The summed E-state index contributed by atoms with van der Waals surface area (Å²) in [5.41, 5.74) is 11.0. The van der Waals surface area contributed by atoms with Crippen LogP contribution in [0.5, 0.6) is 0 Å². The summed E-state index contributed by atoms with van der Waals surface area (Å²) in [5.74, 6) is -0.370. The van der Waals surface area contributed by atoms with Crippen molar-refractivity contribution in [2.75, 3.05) is 52.4 Å². The van der Waals surface area contributed by atoms with Gasteiger partial charge in [-0.25, -0.2) is 34.3 Å². The number of carbonyl (C=O) groups is 4. The van der Waals surface area contributed by atoms with Crippen LogP contribution in [-0.4, -0.2) is 137 Å². The molecule has 12 rings (SSSR count). The van der Waals surface area contributed by atoms with Gasteiger partial charge in [-0.05, 0) is 232 Å². The SMILES string of the molecule is C.C.C.C.C.CC(C)(C)OC(=O)N1CCC(C#N)CC1.CCc1ccc(CC2(C#N)CCN(C(=O)OC(C)(C)C)CC2)cc1.CCc1ccc(CC2(C#N)CCN(C(=O)c3cccnc3-c3ccncn3)CC2)cc1.CCc1ccc(CC2(C#N)CCNCC2)cc1.CCc1ccc(CCl)cc1.Cl.O=C(O)c1cccnc1-c1ccncn1. The molecule has 21 nitrogen and oxygen atoms in total. The van der Waals surface area contributed by atoms with Crippen LogP contribution in [0.2, 0.25) is 0 Å². The van der Waals surface area contributed by atoms with Gasteiger partial charge in [0.25, 0.3) is 5.91 Å². The van der Waals surface area contributed by atoms with E-state index in [1.807, 2.05) is 46.4 Å². The molecule has 0 unspecified atom stereocenters. The number of aromatic carboxylic acids is 1. The van der Waals surface area contributed by atoms with Gasteiger partial charge < -0.3 is 34.6 Å². The topological polar surface area (TPSA) is 301 Å². The Morgan fingerprint density at radius 2 is 0.780 bits per heavy atom. The van der Waals surface area contributed by atoms with Gasteiger partial charge in [0.15, 0.2) is 0 Å². The molecule has 8 heterocycles. The minimum absolute atomic E-state index is 0. The van der Waals surface area contributed by atoms with Crippen LogP contribution in [0.3, 0.4) is 0 Å². The second kappa shape index (κ2) is 52.2. The van der Waals surface area contributed by atoms with Crippen molar-refractivity contribution < 1.29 is 33.8 Å². The Bertz CT molecular complexity index is 4410. The molecule has 0 bridgehead atoms. The number of nitriles is 4. The molecular formula is C95H130Cl2N14O7. The van der Waals surface area contributed by atoms with Crippen LogP contribution in [-0.2, 0) is 60.3 Å². The van der Waals surface area contributed by atoms with E-state index < -0.39 is 22.6 Å². The predicted octanol–water partition coefficient (Wildman–Crippen LogP) is 21.1. The molecule has 0 atom stereocenters. The molecule has 0 saturated carbocycles. The summed E-state index contributed by atoms with van der Waals surface area (Å²) in [6.45, 7) is 25.2. The zero-order valence-corrected chi connectivity index (χ0v) is 68.8. The van der Waals surface area contributed by atoms with Crippen molar-refractivity contribution in [3.63, 3.8) is 0 Å². The van der Waals surface area contributed by atoms with Crippen LogP contribution in [0.1, 0.15) is 223 Å². The smallest absolute Gasteiger partial charge is 0.410 e. The third-order valence-corrected chi connectivity index (χ3v) is 20.5.